The molecule has 9 heteroatoms. The maximum Gasteiger partial charge on any atom is 0.472 e. The molecule has 0 aliphatic heterocycles. The molecule has 8 nitrogen and oxygen atoms in total. The van der Waals surface area contributed by atoms with Gasteiger partial charge in [0.1, 0.15) is 12.2 Å². The lowest BCUT2D eigenvalue weighted by atomic mass is 10.1. The number of unbranched alkanes of at least 4 members (excludes halogenated alkanes) is 6. The Labute approximate surface area is 199 Å². The molecule has 0 amide bonds. The number of phosphoric acid groups is 1. The first-order valence-electron chi connectivity index (χ1n) is 12.0. The van der Waals surface area contributed by atoms with Crippen molar-refractivity contribution in [2.24, 2.45) is 0 Å². The number of aliphatic hydroxyl groups is 3. The average molecular weight is 493 g/mol. The molecule has 0 rings (SSSR count). The summed E-state index contributed by atoms with van der Waals surface area (Å²) in [5, 5.41) is 27.4. The molecular formula is C24H45O8P. The van der Waals surface area contributed by atoms with E-state index in [1.165, 1.54) is 19.3 Å². The van der Waals surface area contributed by atoms with E-state index in [-0.39, 0.29) is 6.61 Å². The highest BCUT2D eigenvalue weighted by Gasteiger charge is 2.24. The van der Waals surface area contributed by atoms with Crippen molar-refractivity contribution in [1.82, 2.24) is 0 Å². The Bertz CT molecular complexity index is 565. The first kappa shape index (κ1) is 32.2. The van der Waals surface area contributed by atoms with Crippen molar-refractivity contribution in [2.45, 2.75) is 83.3 Å². The van der Waals surface area contributed by atoms with Crippen molar-refractivity contribution in [3.8, 4) is 0 Å². The van der Waals surface area contributed by atoms with Gasteiger partial charge in [-0.05, 0) is 38.5 Å². The normalized spacial score (nSPS) is 16.2. The fraction of sp³-hybridized carbons (Fsp3) is 0.750. The highest BCUT2D eigenvalue weighted by Crippen LogP contribution is 2.43. The molecule has 0 saturated carbocycles. The third-order valence-corrected chi connectivity index (χ3v) is 5.52. The molecule has 3 unspecified atom stereocenters. The van der Waals surface area contributed by atoms with Crippen LogP contribution in [-0.4, -0.2) is 65.5 Å². The molecule has 0 bridgehead atoms. The summed E-state index contributed by atoms with van der Waals surface area (Å²) < 4.78 is 26.0. The van der Waals surface area contributed by atoms with E-state index in [0.29, 0.717) is 6.61 Å². The van der Waals surface area contributed by atoms with Crippen LogP contribution >= 0.6 is 7.82 Å². The molecule has 3 atom stereocenters. The molecule has 0 saturated heterocycles. The first-order valence-corrected chi connectivity index (χ1v) is 13.5. The zero-order valence-electron chi connectivity index (χ0n) is 20.1. The molecule has 0 aliphatic rings. The Morgan fingerprint density at radius 2 is 1.30 bits per heavy atom. The standard InChI is InChI=1S/C24H45O8P/c1-2-3-4-5-6-7-8-9-10-11-12-13-14-15-16-17-18-30-20-24(27)22-32-33(28,29)31-21-23(26)19-25/h3-4,6-7,9-10,23-27H,2,5,8,11-22H2,1H3,(H,28,29)/b4-3-,7-6-,10-9-. The molecule has 194 valence electrons. The number of ether oxygens (including phenoxy) is 1. The van der Waals surface area contributed by atoms with Crippen molar-refractivity contribution >= 4 is 7.82 Å². The topological polar surface area (TPSA) is 126 Å². The average Bonchev–Trinajstić information content (AvgIpc) is 2.80. The summed E-state index contributed by atoms with van der Waals surface area (Å²) in [6, 6.07) is 0. The van der Waals surface area contributed by atoms with Crippen molar-refractivity contribution in [3.05, 3.63) is 36.5 Å². The van der Waals surface area contributed by atoms with Gasteiger partial charge in [-0.2, -0.15) is 0 Å². The fourth-order valence-electron chi connectivity index (χ4n) is 2.72. The molecule has 4 N–H and O–H groups in total. The van der Waals surface area contributed by atoms with E-state index in [2.05, 4.69) is 52.4 Å². The quantitative estimate of drug-likeness (QED) is 0.0937. The van der Waals surface area contributed by atoms with Crippen LogP contribution in [0.15, 0.2) is 36.5 Å². The third-order valence-electron chi connectivity index (χ3n) is 4.57. The summed E-state index contributed by atoms with van der Waals surface area (Å²) in [4.78, 5) is 9.39. The maximum atomic E-state index is 11.5. The summed E-state index contributed by atoms with van der Waals surface area (Å²) in [6.45, 7) is 1.09. The van der Waals surface area contributed by atoms with E-state index in [1.807, 2.05) is 0 Å². The molecule has 0 radical (unpaired) electrons. The minimum Gasteiger partial charge on any atom is -0.394 e. The molecular weight excluding hydrogens is 447 g/mol. The molecule has 0 heterocycles. The fourth-order valence-corrected chi connectivity index (χ4v) is 3.51. The first-order chi connectivity index (χ1) is 15.9. The summed E-state index contributed by atoms with van der Waals surface area (Å²) >= 11 is 0. The summed E-state index contributed by atoms with van der Waals surface area (Å²) in [7, 11) is -4.39. The molecule has 0 aromatic heterocycles. The number of aliphatic hydroxyl groups excluding tert-OH is 3. The van der Waals surface area contributed by atoms with Crippen LogP contribution in [0.4, 0.5) is 0 Å². The van der Waals surface area contributed by atoms with Crippen molar-refractivity contribution < 1.29 is 38.6 Å². The van der Waals surface area contributed by atoms with Gasteiger partial charge in [-0.15, -0.1) is 0 Å². The van der Waals surface area contributed by atoms with Crippen LogP contribution in [0.5, 0.6) is 0 Å². The lowest BCUT2D eigenvalue weighted by Crippen LogP contribution is -2.23. The highest BCUT2D eigenvalue weighted by atomic mass is 31.2. The van der Waals surface area contributed by atoms with Gasteiger partial charge in [0, 0.05) is 6.61 Å². The SMILES string of the molecule is CC/C=C\C/C=C\C/C=C\CCCCCCCCOCC(O)COP(=O)(O)OCC(O)CO. The van der Waals surface area contributed by atoms with Crippen molar-refractivity contribution in [1.29, 1.82) is 0 Å². The van der Waals surface area contributed by atoms with Crippen molar-refractivity contribution in [2.75, 3.05) is 33.0 Å². The monoisotopic (exact) mass is 492 g/mol. The van der Waals surface area contributed by atoms with Gasteiger partial charge in [0.05, 0.1) is 26.4 Å². The van der Waals surface area contributed by atoms with Gasteiger partial charge in [0.2, 0.25) is 0 Å². The number of allylic oxidation sites excluding steroid dienone is 6. The molecule has 0 aromatic rings. The van der Waals surface area contributed by atoms with Gasteiger partial charge in [-0.25, -0.2) is 4.57 Å². The largest absolute Gasteiger partial charge is 0.472 e. The van der Waals surface area contributed by atoms with Crippen molar-refractivity contribution in [3.63, 3.8) is 0 Å². The minimum atomic E-state index is -4.39. The zero-order chi connectivity index (χ0) is 24.6. The highest BCUT2D eigenvalue weighted by molar-refractivity contribution is 7.47. The third kappa shape index (κ3) is 24.1. The van der Waals surface area contributed by atoms with Gasteiger partial charge in [-0.3, -0.25) is 9.05 Å². The second-order valence-corrected chi connectivity index (χ2v) is 9.28. The Morgan fingerprint density at radius 3 is 1.94 bits per heavy atom. The van der Waals surface area contributed by atoms with Crippen LogP contribution in [0.2, 0.25) is 0 Å². The van der Waals surface area contributed by atoms with E-state index in [4.69, 9.17) is 14.9 Å². The summed E-state index contributed by atoms with van der Waals surface area (Å²) in [5.74, 6) is 0. The van der Waals surface area contributed by atoms with E-state index in [0.717, 1.165) is 44.9 Å². The molecule has 0 aromatic carbocycles. The second-order valence-electron chi connectivity index (χ2n) is 7.83. The van der Waals surface area contributed by atoms with Gasteiger partial charge < -0.3 is 24.9 Å². The Balaban J connectivity index is 3.47. The van der Waals surface area contributed by atoms with Gasteiger partial charge in [-0.1, -0.05) is 69.1 Å². The van der Waals surface area contributed by atoms with Crippen LogP contribution in [-0.2, 0) is 18.3 Å². The Morgan fingerprint density at radius 1 is 0.758 bits per heavy atom. The Hall–Kier alpha value is -0.830. The van der Waals surface area contributed by atoms with Crippen LogP contribution < -0.4 is 0 Å². The second kappa shape index (κ2) is 22.9. The lowest BCUT2D eigenvalue weighted by molar-refractivity contribution is -0.00437. The van der Waals surface area contributed by atoms with E-state index < -0.39 is 39.9 Å². The van der Waals surface area contributed by atoms with Gasteiger partial charge in [0.25, 0.3) is 0 Å². The van der Waals surface area contributed by atoms with E-state index in [1.54, 1.807) is 0 Å². The van der Waals surface area contributed by atoms with Crippen LogP contribution in [0.25, 0.3) is 0 Å². The number of rotatable bonds is 23. The molecule has 0 fully saturated rings. The zero-order valence-corrected chi connectivity index (χ0v) is 21.0. The van der Waals surface area contributed by atoms with Crippen LogP contribution in [0.3, 0.4) is 0 Å². The number of hydrogen-bond donors (Lipinski definition) is 4. The molecule has 0 spiro atoms. The predicted molar refractivity (Wildman–Crippen MR) is 131 cm³/mol. The number of phosphoric ester groups is 1. The molecule has 0 aliphatic carbocycles. The molecule has 33 heavy (non-hydrogen) atoms. The van der Waals surface area contributed by atoms with E-state index >= 15 is 0 Å². The predicted octanol–water partition coefficient (Wildman–Crippen LogP) is 4.44. The summed E-state index contributed by atoms with van der Waals surface area (Å²) in [6.07, 6.45) is 21.9. The Kier molecular flexibility index (Phi) is 22.4. The smallest absolute Gasteiger partial charge is 0.394 e. The lowest BCUT2D eigenvalue weighted by Gasteiger charge is -2.16. The minimum absolute atomic E-state index is 0.00374. The number of hydrogen-bond acceptors (Lipinski definition) is 7. The van der Waals surface area contributed by atoms with Gasteiger partial charge in [0.15, 0.2) is 0 Å². The van der Waals surface area contributed by atoms with Crippen LogP contribution in [0.1, 0.15) is 71.1 Å². The van der Waals surface area contributed by atoms with Crippen LogP contribution in [0, 0.1) is 0 Å². The summed E-state index contributed by atoms with van der Waals surface area (Å²) in [5.41, 5.74) is 0. The maximum absolute atomic E-state index is 11.5. The van der Waals surface area contributed by atoms with Gasteiger partial charge >= 0.3 is 7.82 Å². The van der Waals surface area contributed by atoms with E-state index in [9.17, 15) is 14.6 Å².